The number of carbonyl (C=O) groups is 1. The van der Waals surface area contributed by atoms with Crippen LogP contribution < -0.4 is 15.8 Å². The molecule has 1 heterocycles. The molecule has 1 fully saturated rings. The van der Waals surface area contributed by atoms with E-state index in [2.05, 4.69) is 24.1 Å². The minimum absolute atomic E-state index is 0. The molecule has 1 aromatic carbocycles. The molecular formula is C26H47Cl2N3O4. The first-order chi connectivity index (χ1) is 15.9. The van der Waals surface area contributed by atoms with Gasteiger partial charge in [0.05, 0.1) is 18.3 Å². The monoisotopic (exact) mass is 535 g/mol. The third kappa shape index (κ3) is 12.6. The molecule has 204 valence electrons. The van der Waals surface area contributed by atoms with Gasteiger partial charge in [-0.05, 0) is 69.2 Å². The van der Waals surface area contributed by atoms with Crippen LogP contribution in [0.4, 0.5) is 0 Å². The van der Waals surface area contributed by atoms with Crippen molar-refractivity contribution in [1.82, 2.24) is 10.2 Å². The van der Waals surface area contributed by atoms with Crippen molar-refractivity contribution >= 4 is 30.7 Å². The third-order valence-corrected chi connectivity index (χ3v) is 6.56. The number of hydrogen-bond donors (Lipinski definition) is 3. The predicted molar refractivity (Wildman–Crippen MR) is 147 cm³/mol. The van der Waals surface area contributed by atoms with E-state index in [9.17, 15) is 9.90 Å². The number of halogens is 2. The number of nitrogens with zero attached hydrogens (tertiary/aromatic N) is 1. The first kappa shape index (κ1) is 33.9. The standard InChI is InChI=1S/C26H45N3O4.2ClH/c1-20(2)21(17-23(27)24(30)19-29-13-7-4-8-14-29)18-28-26(31)22-11-5-6-12-25(22)33-16-10-9-15-32-3;;/h5-6,11-12,20-21,23-24,30H,4,7-10,13-19,27H2,1-3H3,(H,28,31);2*1H/t21-,23+,24+;;/m1../s1. The average Bonchev–Trinajstić information content (AvgIpc) is 2.82. The normalized spacial score (nSPS) is 16.5. The van der Waals surface area contributed by atoms with E-state index in [1.54, 1.807) is 13.2 Å². The number of carbonyl (C=O) groups excluding carboxylic acids is 1. The van der Waals surface area contributed by atoms with E-state index in [0.29, 0.717) is 50.0 Å². The number of nitrogens with two attached hydrogens (primary N) is 1. The first-order valence-electron chi connectivity index (χ1n) is 12.6. The highest BCUT2D eigenvalue weighted by molar-refractivity contribution is 5.96. The van der Waals surface area contributed by atoms with Crippen molar-refractivity contribution in [1.29, 1.82) is 0 Å². The van der Waals surface area contributed by atoms with E-state index < -0.39 is 6.10 Å². The molecule has 0 aliphatic carbocycles. The van der Waals surface area contributed by atoms with E-state index in [1.165, 1.54) is 19.3 Å². The maximum absolute atomic E-state index is 12.9. The van der Waals surface area contributed by atoms with Crippen LogP contribution in [0.2, 0.25) is 0 Å². The Hall–Kier alpha value is -1.09. The Morgan fingerprint density at radius 3 is 2.43 bits per heavy atom. The number of hydrogen-bond acceptors (Lipinski definition) is 6. The third-order valence-electron chi connectivity index (χ3n) is 6.56. The van der Waals surface area contributed by atoms with E-state index >= 15 is 0 Å². The minimum Gasteiger partial charge on any atom is -0.493 e. The van der Waals surface area contributed by atoms with E-state index in [4.69, 9.17) is 15.2 Å². The van der Waals surface area contributed by atoms with Gasteiger partial charge in [-0.1, -0.05) is 32.4 Å². The number of amides is 1. The van der Waals surface area contributed by atoms with Crippen molar-refractivity contribution in [3.8, 4) is 5.75 Å². The second kappa shape index (κ2) is 19.1. The summed E-state index contributed by atoms with van der Waals surface area (Å²) in [6, 6.07) is 7.04. The number of methoxy groups -OCH3 is 1. The Kier molecular flexibility index (Phi) is 18.5. The van der Waals surface area contributed by atoms with Crippen molar-refractivity contribution in [2.24, 2.45) is 17.6 Å². The highest BCUT2D eigenvalue weighted by Gasteiger charge is 2.25. The van der Waals surface area contributed by atoms with Crippen LogP contribution in [-0.2, 0) is 4.74 Å². The molecule has 0 aromatic heterocycles. The van der Waals surface area contributed by atoms with Crippen LogP contribution in [0.15, 0.2) is 24.3 Å². The summed E-state index contributed by atoms with van der Waals surface area (Å²) in [5.41, 5.74) is 6.93. The van der Waals surface area contributed by atoms with Crippen LogP contribution in [0, 0.1) is 11.8 Å². The lowest BCUT2D eigenvalue weighted by Gasteiger charge is -2.32. The number of para-hydroxylation sites is 1. The van der Waals surface area contributed by atoms with Gasteiger partial charge in [-0.3, -0.25) is 4.79 Å². The van der Waals surface area contributed by atoms with Crippen molar-refractivity contribution in [3.05, 3.63) is 29.8 Å². The van der Waals surface area contributed by atoms with E-state index in [1.807, 2.05) is 18.2 Å². The van der Waals surface area contributed by atoms with Crippen LogP contribution in [-0.4, -0.2) is 74.6 Å². The van der Waals surface area contributed by atoms with E-state index in [0.717, 1.165) is 25.9 Å². The molecule has 1 amide bonds. The molecule has 4 N–H and O–H groups in total. The molecule has 0 bridgehead atoms. The van der Waals surface area contributed by atoms with Gasteiger partial charge in [0.15, 0.2) is 0 Å². The number of likely N-dealkylation sites (tertiary alicyclic amines) is 1. The Balaban J connectivity index is 0.00000578. The number of aliphatic hydroxyl groups excluding tert-OH is 1. The molecule has 35 heavy (non-hydrogen) atoms. The molecule has 0 unspecified atom stereocenters. The molecule has 1 aliphatic rings. The molecule has 3 atom stereocenters. The molecule has 7 nitrogen and oxygen atoms in total. The Morgan fingerprint density at radius 1 is 1.11 bits per heavy atom. The smallest absolute Gasteiger partial charge is 0.255 e. The summed E-state index contributed by atoms with van der Waals surface area (Å²) in [7, 11) is 1.69. The number of aliphatic hydroxyl groups is 1. The predicted octanol–water partition coefficient (Wildman–Crippen LogP) is 3.90. The molecule has 1 aromatic rings. The highest BCUT2D eigenvalue weighted by Crippen LogP contribution is 2.21. The zero-order valence-electron chi connectivity index (χ0n) is 21.6. The summed E-state index contributed by atoms with van der Waals surface area (Å²) in [6.07, 6.45) is 5.58. The molecule has 0 radical (unpaired) electrons. The van der Waals surface area contributed by atoms with Gasteiger partial charge in [-0.25, -0.2) is 0 Å². The zero-order valence-corrected chi connectivity index (χ0v) is 23.3. The largest absolute Gasteiger partial charge is 0.493 e. The van der Waals surface area contributed by atoms with Crippen LogP contribution in [0.5, 0.6) is 5.75 Å². The van der Waals surface area contributed by atoms with Crippen LogP contribution in [0.3, 0.4) is 0 Å². The summed E-state index contributed by atoms with van der Waals surface area (Å²) in [5.74, 6) is 0.977. The average molecular weight is 537 g/mol. The maximum Gasteiger partial charge on any atom is 0.255 e. The van der Waals surface area contributed by atoms with Gasteiger partial charge in [0.25, 0.3) is 5.91 Å². The number of benzene rings is 1. The molecule has 1 aliphatic heterocycles. The lowest BCUT2D eigenvalue weighted by atomic mass is 9.87. The van der Waals surface area contributed by atoms with Gasteiger partial charge in [-0.15, -0.1) is 24.8 Å². The van der Waals surface area contributed by atoms with Gasteiger partial charge in [0, 0.05) is 32.8 Å². The summed E-state index contributed by atoms with van der Waals surface area (Å²) in [5, 5.41) is 13.7. The first-order valence-corrected chi connectivity index (χ1v) is 12.6. The molecule has 2 rings (SSSR count). The maximum atomic E-state index is 12.9. The van der Waals surface area contributed by atoms with Gasteiger partial charge in [-0.2, -0.15) is 0 Å². The summed E-state index contributed by atoms with van der Waals surface area (Å²) in [4.78, 5) is 15.2. The lowest BCUT2D eigenvalue weighted by Crippen LogP contribution is -2.47. The molecule has 0 spiro atoms. The van der Waals surface area contributed by atoms with Crippen LogP contribution in [0.25, 0.3) is 0 Å². The minimum atomic E-state index is -0.549. The Morgan fingerprint density at radius 2 is 1.77 bits per heavy atom. The van der Waals surface area contributed by atoms with Gasteiger partial charge < -0.3 is 30.5 Å². The number of rotatable bonds is 15. The Bertz CT molecular complexity index is 690. The number of β-amino-alcohol motifs (C(OH)–C–C–N with tert-alkyl or cyclic N) is 1. The Labute approximate surface area is 224 Å². The number of unbranched alkanes of at least 4 members (excludes halogenated alkanes) is 1. The summed E-state index contributed by atoms with van der Waals surface area (Å²) in [6.45, 7) is 8.76. The van der Waals surface area contributed by atoms with Crippen molar-refractivity contribution in [2.45, 2.75) is 64.5 Å². The fraction of sp³-hybridized carbons (Fsp3) is 0.731. The van der Waals surface area contributed by atoms with Crippen molar-refractivity contribution < 1.29 is 19.4 Å². The van der Waals surface area contributed by atoms with Crippen molar-refractivity contribution in [3.63, 3.8) is 0 Å². The molecule has 1 saturated heterocycles. The number of ether oxygens (including phenoxy) is 2. The van der Waals surface area contributed by atoms with Crippen LogP contribution in [0.1, 0.15) is 62.7 Å². The number of nitrogens with one attached hydrogen (secondary N) is 1. The molecular weight excluding hydrogens is 489 g/mol. The SMILES string of the molecule is COCCCCOc1ccccc1C(=O)NC[C@@H](C[C@H](N)[C@@H](O)CN1CCCCC1)C(C)C.Cl.Cl. The fourth-order valence-electron chi connectivity index (χ4n) is 4.27. The lowest BCUT2D eigenvalue weighted by molar-refractivity contribution is 0.0716. The van der Waals surface area contributed by atoms with Gasteiger partial charge in [0.1, 0.15) is 5.75 Å². The topological polar surface area (TPSA) is 97.0 Å². The fourth-order valence-corrected chi connectivity index (χ4v) is 4.27. The molecule has 0 saturated carbocycles. The zero-order chi connectivity index (χ0) is 24.1. The number of piperidine rings is 1. The van der Waals surface area contributed by atoms with Gasteiger partial charge >= 0.3 is 0 Å². The quantitative estimate of drug-likeness (QED) is 0.294. The van der Waals surface area contributed by atoms with Crippen LogP contribution >= 0.6 is 24.8 Å². The van der Waals surface area contributed by atoms with E-state index in [-0.39, 0.29) is 42.7 Å². The highest BCUT2D eigenvalue weighted by atomic mass is 35.5. The van der Waals surface area contributed by atoms with Crippen molar-refractivity contribution in [2.75, 3.05) is 46.5 Å². The second-order valence-electron chi connectivity index (χ2n) is 9.59. The summed E-state index contributed by atoms with van der Waals surface area (Å²) < 4.78 is 10.9. The van der Waals surface area contributed by atoms with Gasteiger partial charge in [0.2, 0.25) is 0 Å². The second-order valence-corrected chi connectivity index (χ2v) is 9.59. The molecule has 9 heteroatoms. The summed E-state index contributed by atoms with van der Waals surface area (Å²) >= 11 is 0.